The molecule has 4 rings (SSSR count). The van der Waals surface area contributed by atoms with Crippen molar-refractivity contribution in [2.75, 3.05) is 33.7 Å². The lowest BCUT2D eigenvalue weighted by atomic mass is 9.79. The third-order valence-electron chi connectivity index (χ3n) is 7.44. The summed E-state index contributed by atoms with van der Waals surface area (Å²) < 4.78 is 17.2. The molecule has 0 bridgehead atoms. The maximum atomic E-state index is 13.6. The van der Waals surface area contributed by atoms with Crippen LogP contribution in [0.1, 0.15) is 64.1 Å². The second-order valence-corrected chi connectivity index (χ2v) is 11.3. The predicted molar refractivity (Wildman–Crippen MR) is 146 cm³/mol. The summed E-state index contributed by atoms with van der Waals surface area (Å²) in [5, 5.41) is 10.7. The zero-order chi connectivity index (χ0) is 26.3. The quantitative estimate of drug-likeness (QED) is 0.537. The van der Waals surface area contributed by atoms with Gasteiger partial charge >= 0.3 is 0 Å². The Hall–Kier alpha value is -2.77. The number of hydrogen-bond donors (Lipinski definition) is 3. The van der Waals surface area contributed by atoms with Crippen LogP contribution in [0.5, 0.6) is 17.2 Å². The fourth-order valence-electron chi connectivity index (χ4n) is 6.38. The van der Waals surface area contributed by atoms with Crippen LogP contribution < -0.4 is 35.6 Å². The SMILES string of the molecule is CNC1CCc2cc(OC)c(OC)c(OC)c2-c2ccc(NC3CC(C)(C)NC(C)(C)C3)c(=O)cc21. The number of nitrogens with one attached hydrogen (secondary N) is 3. The fraction of sp³-hybridized carbons (Fsp3) is 0.552. The van der Waals surface area contributed by atoms with Crippen molar-refractivity contribution in [3.8, 4) is 28.4 Å². The minimum atomic E-state index is -0.0181. The third-order valence-corrected chi connectivity index (χ3v) is 7.44. The standard InChI is InChI=1S/C29H41N3O4/c1-28(2)15-18(16-29(3,4)32-28)31-22-12-10-19-20(14-23(22)33)21(30-5)11-9-17-13-24(34-6)26(35-7)27(36-8)25(17)19/h10,12-14,18,21,30,32H,9,11,15-16H2,1-8H3,(H,31,33). The molecule has 1 aliphatic heterocycles. The van der Waals surface area contributed by atoms with E-state index in [1.54, 1.807) is 27.4 Å². The van der Waals surface area contributed by atoms with E-state index in [0.717, 1.165) is 47.9 Å². The highest BCUT2D eigenvalue weighted by Gasteiger charge is 2.38. The number of rotatable bonds is 6. The molecule has 1 atom stereocenters. The fourth-order valence-corrected chi connectivity index (χ4v) is 6.38. The van der Waals surface area contributed by atoms with E-state index in [9.17, 15) is 4.79 Å². The van der Waals surface area contributed by atoms with Gasteiger partial charge in [-0.2, -0.15) is 0 Å². The third kappa shape index (κ3) is 5.04. The molecule has 1 aliphatic carbocycles. The molecule has 36 heavy (non-hydrogen) atoms. The number of benzene rings is 1. The van der Waals surface area contributed by atoms with Crippen LogP contribution in [-0.4, -0.2) is 45.5 Å². The van der Waals surface area contributed by atoms with Crippen molar-refractivity contribution in [2.45, 2.75) is 76.5 Å². The van der Waals surface area contributed by atoms with E-state index < -0.39 is 0 Å². The van der Waals surface area contributed by atoms with Gasteiger partial charge in [-0.15, -0.1) is 0 Å². The van der Waals surface area contributed by atoms with Crippen molar-refractivity contribution in [3.63, 3.8) is 0 Å². The number of fused-ring (bicyclic) bond motifs is 3. The highest BCUT2D eigenvalue weighted by atomic mass is 16.5. The lowest BCUT2D eigenvalue weighted by Crippen LogP contribution is -2.60. The molecular formula is C29H41N3O4. The first-order valence-electron chi connectivity index (χ1n) is 12.8. The van der Waals surface area contributed by atoms with Gasteiger partial charge < -0.3 is 30.2 Å². The van der Waals surface area contributed by atoms with Crippen LogP contribution in [0.2, 0.25) is 0 Å². The van der Waals surface area contributed by atoms with Gasteiger partial charge in [0.1, 0.15) is 0 Å². The van der Waals surface area contributed by atoms with Crippen molar-refractivity contribution in [2.24, 2.45) is 0 Å². The van der Waals surface area contributed by atoms with Crippen LogP contribution in [0.3, 0.4) is 0 Å². The zero-order valence-corrected chi connectivity index (χ0v) is 22.9. The van der Waals surface area contributed by atoms with Gasteiger partial charge in [0, 0.05) is 28.7 Å². The summed E-state index contributed by atoms with van der Waals surface area (Å²) >= 11 is 0. The van der Waals surface area contributed by atoms with Gasteiger partial charge in [-0.05, 0) is 95.3 Å². The number of anilines is 1. The van der Waals surface area contributed by atoms with Crippen LogP contribution in [0, 0.1) is 0 Å². The molecular weight excluding hydrogens is 454 g/mol. The minimum absolute atomic E-state index is 0.00598. The van der Waals surface area contributed by atoms with Crippen LogP contribution in [0.15, 0.2) is 29.1 Å². The number of methoxy groups -OCH3 is 3. The molecule has 1 unspecified atom stereocenters. The minimum Gasteiger partial charge on any atom is -0.493 e. The van der Waals surface area contributed by atoms with Crippen LogP contribution in [0.4, 0.5) is 5.69 Å². The van der Waals surface area contributed by atoms with Gasteiger partial charge in [0.2, 0.25) is 11.2 Å². The van der Waals surface area contributed by atoms with E-state index in [1.807, 2.05) is 19.2 Å². The normalized spacial score (nSPS) is 20.5. The Morgan fingerprint density at radius 1 is 0.944 bits per heavy atom. The predicted octanol–water partition coefficient (Wildman–Crippen LogP) is 4.67. The van der Waals surface area contributed by atoms with Crippen molar-refractivity contribution < 1.29 is 14.2 Å². The monoisotopic (exact) mass is 495 g/mol. The maximum Gasteiger partial charge on any atom is 0.203 e. The smallest absolute Gasteiger partial charge is 0.203 e. The van der Waals surface area contributed by atoms with Crippen molar-refractivity contribution in [1.29, 1.82) is 0 Å². The molecule has 2 aromatic rings. The summed E-state index contributed by atoms with van der Waals surface area (Å²) in [7, 11) is 6.84. The number of piperidine rings is 1. The number of hydrogen-bond acceptors (Lipinski definition) is 7. The van der Waals surface area contributed by atoms with E-state index >= 15 is 0 Å². The van der Waals surface area contributed by atoms with E-state index in [4.69, 9.17) is 14.2 Å². The Kier molecular flexibility index (Phi) is 7.26. The average Bonchev–Trinajstić information content (AvgIpc) is 3.04. The zero-order valence-electron chi connectivity index (χ0n) is 22.9. The van der Waals surface area contributed by atoms with Crippen LogP contribution in [-0.2, 0) is 6.42 Å². The van der Waals surface area contributed by atoms with Gasteiger partial charge in [0.05, 0.1) is 27.0 Å². The number of ether oxygens (including phenoxy) is 3. The Morgan fingerprint density at radius 3 is 2.19 bits per heavy atom. The largest absolute Gasteiger partial charge is 0.493 e. The lowest BCUT2D eigenvalue weighted by molar-refractivity contribution is 0.170. The molecule has 2 aromatic carbocycles. The summed E-state index contributed by atoms with van der Waals surface area (Å²) in [6, 6.07) is 8.03. The van der Waals surface area contributed by atoms with Crippen molar-refractivity contribution >= 4 is 5.69 Å². The Bertz CT molecular complexity index is 1180. The van der Waals surface area contributed by atoms with Crippen molar-refractivity contribution in [1.82, 2.24) is 10.6 Å². The van der Waals surface area contributed by atoms with Gasteiger partial charge in [0.15, 0.2) is 11.5 Å². The van der Waals surface area contributed by atoms with Gasteiger partial charge in [-0.25, -0.2) is 0 Å². The van der Waals surface area contributed by atoms with E-state index in [0.29, 0.717) is 22.9 Å². The average molecular weight is 496 g/mol. The molecule has 7 nitrogen and oxygen atoms in total. The highest BCUT2D eigenvalue weighted by Crippen LogP contribution is 2.50. The second-order valence-electron chi connectivity index (χ2n) is 11.3. The molecule has 0 aromatic heterocycles. The van der Waals surface area contributed by atoms with Gasteiger partial charge in [-0.1, -0.05) is 6.07 Å². The molecule has 1 heterocycles. The van der Waals surface area contributed by atoms with E-state index in [1.165, 1.54) is 0 Å². The van der Waals surface area contributed by atoms with Gasteiger partial charge in [0.25, 0.3) is 0 Å². The first-order valence-corrected chi connectivity index (χ1v) is 12.8. The topological polar surface area (TPSA) is 80.8 Å². The molecule has 0 spiro atoms. The molecule has 0 amide bonds. The summed E-state index contributed by atoms with van der Waals surface area (Å²) in [5.74, 6) is 1.82. The van der Waals surface area contributed by atoms with E-state index in [2.05, 4.69) is 49.7 Å². The molecule has 3 N–H and O–H groups in total. The Balaban J connectivity index is 1.87. The molecule has 196 valence electrons. The number of aryl methyl sites for hydroxylation is 1. The Morgan fingerprint density at radius 2 is 1.61 bits per heavy atom. The van der Waals surface area contributed by atoms with Crippen molar-refractivity contribution in [3.05, 3.63) is 45.6 Å². The van der Waals surface area contributed by atoms with Crippen LogP contribution >= 0.6 is 0 Å². The highest BCUT2D eigenvalue weighted by molar-refractivity contribution is 5.83. The summed E-state index contributed by atoms with van der Waals surface area (Å²) in [6.07, 6.45) is 3.52. The Labute approximate surface area is 214 Å². The molecule has 7 heteroatoms. The summed E-state index contributed by atoms with van der Waals surface area (Å²) in [5.41, 5.74) is 4.57. The van der Waals surface area contributed by atoms with Gasteiger partial charge in [-0.3, -0.25) is 4.79 Å². The lowest BCUT2D eigenvalue weighted by Gasteiger charge is -2.46. The van der Waals surface area contributed by atoms with E-state index in [-0.39, 0.29) is 28.6 Å². The molecule has 1 fully saturated rings. The maximum absolute atomic E-state index is 13.6. The van der Waals surface area contributed by atoms with Crippen LogP contribution in [0.25, 0.3) is 11.1 Å². The molecule has 0 radical (unpaired) electrons. The second kappa shape index (κ2) is 9.94. The first-order chi connectivity index (χ1) is 17.0. The summed E-state index contributed by atoms with van der Waals surface area (Å²) in [4.78, 5) is 13.6. The summed E-state index contributed by atoms with van der Waals surface area (Å²) in [6.45, 7) is 8.87. The molecule has 2 aliphatic rings. The first kappa shape index (κ1) is 26.3. The molecule has 1 saturated heterocycles. The molecule has 0 saturated carbocycles.